The number of nitrogens with zero attached hydrogens (tertiary/aromatic N) is 5. The van der Waals surface area contributed by atoms with Crippen LogP contribution in [0.25, 0.3) is 22.6 Å². The van der Waals surface area contributed by atoms with Gasteiger partial charge in [-0.1, -0.05) is 17.3 Å². The van der Waals surface area contributed by atoms with E-state index in [-0.39, 0.29) is 6.61 Å². The number of nitrogens with one attached hydrogen (secondary N) is 1. The average Bonchev–Trinajstić information content (AvgIpc) is 3.16. The predicted octanol–water partition coefficient (Wildman–Crippen LogP) is 2.85. The molecule has 0 aliphatic carbocycles. The first-order valence-corrected chi connectivity index (χ1v) is 11.9. The van der Waals surface area contributed by atoms with Crippen molar-refractivity contribution in [1.82, 2.24) is 23.6 Å². The fraction of sp³-hybridized carbons (Fsp3) is 0.435. The van der Waals surface area contributed by atoms with Crippen LogP contribution in [0.2, 0.25) is 0 Å². The molecule has 0 amide bonds. The molecule has 0 radical (unpaired) electrons. The molecular formula is C23H29IN6O3. The number of aliphatic hydroxyl groups is 1. The third-order valence-corrected chi connectivity index (χ3v) is 6.49. The minimum atomic E-state index is -0.582. The van der Waals surface area contributed by atoms with Crippen LogP contribution in [-0.2, 0) is 0 Å². The number of hydrogen-bond donors (Lipinski definition) is 2. The first-order valence-electron chi connectivity index (χ1n) is 11.0. The highest BCUT2D eigenvalue weighted by Gasteiger charge is 2.21. The number of likely N-dealkylation sites (N-methyl/N-ethyl adjacent to an activating group) is 1. The standard InChI is InChI=1S/C23H29IN6O3/c1-15-22(16(2)33-28-15)20-12-21(29-7-9-30(24)10-8-29)27-23(26-20)17-5-4-6-19(11-17)32-14-18(31)13-25-3/h4-6,11-12,18,25,31H,7-10,13-14H2,1-3H3. The summed E-state index contributed by atoms with van der Waals surface area (Å²) >= 11 is 2.36. The number of rotatable bonds is 8. The number of aryl methyl sites for hydroxylation is 2. The van der Waals surface area contributed by atoms with Gasteiger partial charge in [0.1, 0.15) is 30.0 Å². The Labute approximate surface area is 207 Å². The summed E-state index contributed by atoms with van der Waals surface area (Å²) in [5.41, 5.74) is 3.34. The smallest absolute Gasteiger partial charge is 0.162 e. The molecule has 176 valence electrons. The summed E-state index contributed by atoms with van der Waals surface area (Å²) in [6, 6.07) is 9.68. The van der Waals surface area contributed by atoms with Gasteiger partial charge in [-0.2, -0.15) is 0 Å². The van der Waals surface area contributed by atoms with Crippen LogP contribution in [0.5, 0.6) is 5.75 Å². The summed E-state index contributed by atoms with van der Waals surface area (Å²) in [5, 5.41) is 17.0. The maximum absolute atomic E-state index is 9.95. The first-order chi connectivity index (χ1) is 15.9. The molecule has 10 heteroatoms. The second kappa shape index (κ2) is 10.8. The highest BCUT2D eigenvalue weighted by atomic mass is 127. The SMILES string of the molecule is CNCC(O)COc1cccc(-c2nc(-c3c(C)noc3C)cc(N3CCN(I)CC3)n2)c1. The minimum Gasteiger partial charge on any atom is -0.491 e. The van der Waals surface area contributed by atoms with Gasteiger partial charge in [0.15, 0.2) is 5.82 Å². The number of hydrogen-bond acceptors (Lipinski definition) is 9. The van der Waals surface area contributed by atoms with Crippen LogP contribution >= 0.6 is 22.9 Å². The van der Waals surface area contributed by atoms with E-state index in [2.05, 4.69) is 41.4 Å². The van der Waals surface area contributed by atoms with E-state index in [4.69, 9.17) is 19.2 Å². The first kappa shape index (κ1) is 23.9. The van der Waals surface area contributed by atoms with Crippen LogP contribution < -0.4 is 15.0 Å². The number of aromatic nitrogens is 3. The lowest BCUT2D eigenvalue weighted by atomic mass is 10.1. The summed E-state index contributed by atoms with van der Waals surface area (Å²) < 4.78 is 13.5. The number of aliphatic hydroxyl groups excluding tert-OH is 1. The molecule has 4 rings (SSSR count). The fourth-order valence-corrected chi connectivity index (χ4v) is 4.26. The van der Waals surface area contributed by atoms with E-state index in [9.17, 15) is 5.11 Å². The van der Waals surface area contributed by atoms with Gasteiger partial charge in [0, 0.05) is 67.2 Å². The molecule has 2 N–H and O–H groups in total. The number of anilines is 1. The zero-order valence-electron chi connectivity index (χ0n) is 19.1. The zero-order chi connectivity index (χ0) is 23.4. The summed E-state index contributed by atoms with van der Waals surface area (Å²) in [6.45, 7) is 8.23. The van der Waals surface area contributed by atoms with Crippen molar-refractivity contribution in [2.24, 2.45) is 0 Å². The molecule has 1 aromatic carbocycles. The number of ether oxygens (including phenoxy) is 1. The van der Waals surface area contributed by atoms with Gasteiger partial charge in [-0.25, -0.2) is 13.1 Å². The van der Waals surface area contributed by atoms with E-state index in [0.717, 1.165) is 60.3 Å². The molecule has 3 aromatic rings. The molecule has 1 aliphatic heterocycles. The molecule has 1 saturated heterocycles. The Morgan fingerprint density at radius 1 is 1.18 bits per heavy atom. The maximum atomic E-state index is 9.95. The quantitative estimate of drug-likeness (QED) is 0.316. The molecule has 0 spiro atoms. The summed E-state index contributed by atoms with van der Waals surface area (Å²) in [4.78, 5) is 12.1. The summed E-state index contributed by atoms with van der Waals surface area (Å²) in [7, 11) is 1.80. The Hall–Kier alpha value is -2.28. The van der Waals surface area contributed by atoms with Gasteiger partial charge in [-0.15, -0.1) is 0 Å². The lowest BCUT2D eigenvalue weighted by Gasteiger charge is -2.32. The predicted molar refractivity (Wildman–Crippen MR) is 136 cm³/mol. The zero-order valence-corrected chi connectivity index (χ0v) is 21.2. The van der Waals surface area contributed by atoms with E-state index in [1.54, 1.807) is 7.05 Å². The maximum Gasteiger partial charge on any atom is 0.162 e. The van der Waals surface area contributed by atoms with E-state index in [1.165, 1.54) is 0 Å². The molecule has 0 bridgehead atoms. The number of piperazine rings is 1. The van der Waals surface area contributed by atoms with Crippen LogP contribution in [-0.4, -0.2) is 75.8 Å². The van der Waals surface area contributed by atoms with E-state index in [0.29, 0.717) is 18.1 Å². The molecule has 0 saturated carbocycles. The number of halogens is 1. The number of benzene rings is 1. The second-order valence-electron chi connectivity index (χ2n) is 8.08. The van der Waals surface area contributed by atoms with Crippen LogP contribution in [0.3, 0.4) is 0 Å². The molecule has 2 aromatic heterocycles. The van der Waals surface area contributed by atoms with Crippen molar-refractivity contribution in [3.05, 3.63) is 41.8 Å². The normalized spacial score (nSPS) is 15.6. The van der Waals surface area contributed by atoms with E-state index < -0.39 is 6.10 Å². The molecular weight excluding hydrogens is 535 g/mol. The van der Waals surface area contributed by atoms with Gasteiger partial charge in [-0.3, -0.25) is 0 Å². The van der Waals surface area contributed by atoms with Crippen molar-refractivity contribution >= 4 is 28.7 Å². The van der Waals surface area contributed by atoms with Gasteiger partial charge in [-0.05, 0) is 33.0 Å². The lowest BCUT2D eigenvalue weighted by Crippen LogP contribution is -2.42. The van der Waals surface area contributed by atoms with Crippen LogP contribution in [0.1, 0.15) is 11.5 Å². The van der Waals surface area contributed by atoms with Crippen molar-refractivity contribution in [2.45, 2.75) is 20.0 Å². The van der Waals surface area contributed by atoms with Crippen molar-refractivity contribution < 1.29 is 14.4 Å². The third-order valence-electron chi connectivity index (χ3n) is 5.53. The Balaban J connectivity index is 1.69. The van der Waals surface area contributed by atoms with Gasteiger partial charge < -0.3 is 24.6 Å². The average molecular weight is 564 g/mol. The molecule has 1 fully saturated rings. The molecule has 3 heterocycles. The van der Waals surface area contributed by atoms with E-state index in [1.807, 2.05) is 44.2 Å². The molecule has 1 aliphatic rings. The van der Waals surface area contributed by atoms with Crippen LogP contribution in [0, 0.1) is 13.8 Å². The van der Waals surface area contributed by atoms with Crippen molar-refractivity contribution in [1.29, 1.82) is 0 Å². The minimum absolute atomic E-state index is 0.204. The van der Waals surface area contributed by atoms with Crippen molar-refractivity contribution in [2.75, 3.05) is 51.3 Å². The molecule has 1 unspecified atom stereocenters. The highest BCUT2D eigenvalue weighted by Crippen LogP contribution is 2.31. The molecule has 33 heavy (non-hydrogen) atoms. The van der Waals surface area contributed by atoms with Gasteiger partial charge in [0.05, 0.1) is 17.0 Å². The van der Waals surface area contributed by atoms with Crippen molar-refractivity contribution in [3.63, 3.8) is 0 Å². The van der Waals surface area contributed by atoms with Gasteiger partial charge in [0.25, 0.3) is 0 Å². The van der Waals surface area contributed by atoms with Gasteiger partial charge >= 0.3 is 0 Å². The second-order valence-corrected chi connectivity index (χ2v) is 9.45. The van der Waals surface area contributed by atoms with Gasteiger partial charge in [0.2, 0.25) is 0 Å². The third kappa shape index (κ3) is 5.81. The Morgan fingerprint density at radius 3 is 2.67 bits per heavy atom. The lowest BCUT2D eigenvalue weighted by molar-refractivity contribution is 0.108. The largest absolute Gasteiger partial charge is 0.491 e. The van der Waals surface area contributed by atoms with Crippen molar-refractivity contribution in [3.8, 4) is 28.4 Å². The monoisotopic (exact) mass is 564 g/mol. The summed E-state index contributed by atoms with van der Waals surface area (Å²) in [6.07, 6.45) is -0.582. The van der Waals surface area contributed by atoms with E-state index >= 15 is 0 Å². The fourth-order valence-electron chi connectivity index (χ4n) is 3.83. The summed E-state index contributed by atoms with van der Waals surface area (Å²) in [5.74, 6) is 2.89. The highest BCUT2D eigenvalue weighted by molar-refractivity contribution is 14.1. The Morgan fingerprint density at radius 2 is 1.97 bits per heavy atom. The topological polar surface area (TPSA) is 99.8 Å². The van der Waals surface area contributed by atoms with Crippen LogP contribution in [0.15, 0.2) is 34.9 Å². The Bertz CT molecular complexity index is 1060. The molecule has 1 atom stereocenters. The Kier molecular flexibility index (Phi) is 7.78. The molecule has 9 nitrogen and oxygen atoms in total. The van der Waals surface area contributed by atoms with Crippen LogP contribution in [0.4, 0.5) is 5.82 Å².